The van der Waals surface area contributed by atoms with Gasteiger partial charge in [0.1, 0.15) is 6.04 Å². The Morgan fingerprint density at radius 2 is 1.81 bits per heavy atom. The molecule has 0 radical (unpaired) electrons. The molecule has 8 nitrogen and oxygen atoms in total. The summed E-state index contributed by atoms with van der Waals surface area (Å²) >= 11 is 0. The Labute approximate surface area is 124 Å². The van der Waals surface area contributed by atoms with Crippen molar-refractivity contribution in [2.75, 3.05) is 19.8 Å². The molecule has 2 amide bonds. The lowest BCUT2D eigenvalue weighted by molar-refractivity contribution is -0.139. The molecule has 8 heteroatoms. The molecule has 0 aromatic rings. The number of hydrogen-bond acceptors (Lipinski definition) is 5. The van der Waals surface area contributed by atoms with Gasteiger partial charge >= 0.3 is 18.2 Å². The average Bonchev–Trinajstić information content (AvgIpc) is 2.42. The van der Waals surface area contributed by atoms with Crippen LogP contribution in [0.15, 0.2) is 0 Å². The molecule has 0 fully saturated rings. The molecular formula is C13H24N2O6. The highest BCUT2D eigenvalue weighted by Gasteiger charge is 2.20. The summed E-state index contributed by atoms with van der Waals surface area (Å²) in [6, 6.07) is -1.04. The number of carboxylic acid groups (broad SMARTS) is 1. The van der Waals surface area contributed by atoms with Gasteiger partial charge in [-0.25, -0.2) is 14.4 Å². The van der Waals surface area contributed by atoms with Crippen LogP contribution in [0.4, 0.5) is 9.59 Å². The zero-order valence-electron chi connectivity index (χ0n) is 12.5. The van der Waals surface area contributed by atoms with E-state index in [9.17, 15) is 14.4 Å². The van der Waals surface area contributed by atoms with Gasteiger partial charge < -0.3 is 25.2 Å². The highest BCUT2D eigenvalue weighted by atomic mass is 16.6. The summed E-state index contributed by atoms with van der Waals surface area (Å²) in [7, 11) is 0. The van der Waals surface area contributed by atoms with Crippen LogP contribution in [0.5, 0.6) is 0 Å². The van der Waals surface area contributed by atoms with Crippen molar-refractivity contribution < 1.29 is 29.0 Å². The van der Waals surface area contributed by atoms with Gasteiger partial charge in [0.05, 0.1) is 13.2 Å². The van der Waals surface area contributed by atoms with Gasteiger partial charge in [-0.2, -0.15) is 0 Å². The number of aliphatic carboxylic acids is 1. The van der Waals surface area contributed by atoms with Crippen molar-refractivity contribution >= 4 is 18.2 Å². The first-order valence-electron chi connectivity index (χ1n) is 7.07. The minimum absolute atomic E-state index is 0.185. The third-order valence-electron chi connectivity index (χ3n) is 2.54. The Morgan fingerprint density at radius 3 is 2.38 bits per heavy atom. The molecule has 21 heavy (non-hydrogen) atoms. The van der Waals surface area contributed by atoms with Crippen LogP contribution in [0.2, 0.25) is 0 Å². The zero-order valence-corrected chi connectivity index (χ0v) is 12.5. The number of ether oxygens (including phenoxy) is 2. The van der Waals surface area contributed by atoms with E-state index in [1.165, 1.54) is 0 Å². The fourth-order valence-corrected chi connectivity index (χ4v) is 1.43. The molecule has 0 heterocycles. The van der Waals surface area contributed by atoms with E-state index in [0.29, 0.717) is 6.42 Å². The van der Waals surface area contributed by atoms with Crippen LogP contribution >= 0.6 is 0 Å². The summed E-state index contributed by atoms with van der Waals surface area (Å²) < 4.78 is 9.50. The molecule has 0 saturated heterocycles. The van der Waals surface area contributed by atoms with E-state index in [1.807, 2.05) is 6.92 Å². The standard InChI is InChI=1S/C13H24N2O6/c1-3-5-9-21-13(19)15-10(11(16)17)7-6-8-14-12(18)20-4-2/h10H,3-9H2,1-2H3,(H,14,18)(H,15,19)(H,16,17)/t10-/m0/s1. The number of nitrogens with one attached hydrogen (secondary N) is 2. The van der Waals surface area contributed by atoms with E-state index in [4.69, 9.17) is 9.84 Å². The van der Waals surface area contributed by atoms with Crippen LogP contribution in [0.3, 0.4) is 0 Å². The van der Waals surface area contributed by atoms with Gasteiger partial charge in [0.15, 0.2) is 0 Å². The van der Waals surface area contributed by atoms with Gasteiger partial charge in [-0.1, -0.05) is 13.3 Å². The number of unbranched alkanes of at least 4 members (excludes halogenated alkanes) is 1. The van der Waals surface area contributed by atoms with Crippen molar-refractivity contribution in [2.24, 2.45) is 0 Å². The van der Waals surface area contributed by atoms with E-state index in [0.717, 1.165) is 12.8 Å². The van der Waals surface area contributed by atoms with Gasteiger partial charge in [-0.3, -0.25) is 0 Å². The lowest BCUT2D eigenvalue weighted by Gasteiger charge is -2.14. The maximum absolute atomic E-state index is 11.4. The topological polar surface area (TPSA) is 114 Å². The van der Waals surface area contributed by atoms with Crippen LogP contribution in [-0.4, -0.2) is 49.1 Å². The largest absolute Gasteiger partial charge is 0.480 e. The first-order valence-corrected chi connectivity index (χ1v) is 7.07. The maximum Gasteiger partial charge on any atom is 0.407 e. The van der Waals surface area contributed by atoms with Crippen molar-refractivity contribution in [2.45, 2.75) is 45.6 Å². The average molecular weight is 304 g/mol. The smallest absolute Gasteiger partial charge is 0.407 e. The third-order valence-corrected chi connectivity index (χ3v) is 2.54. The first kappa shape index (κ1) is 19.0. The van der Waals surface area contributed by atoms with Crippen molar-refractivity contribution in [3.05, 3.63) is 0 Å². The summed E-state index contributed by atoms with van der Waals surface area (Å²) in [6.07, 6.45) is 0.907. The molecule has 1 atom stereocenters. The fourth-order valence-electron chi connectivity index (χ4n) is 1.43. The summed E-state index contributed by atoms with van der Waals surface area (Å²) in [5.74, 6) is -1.14. The van der Waals surface area contributed by atoms with Crippen LogP contribution < -0.4 is 10.6 Å². The monoisotopic (exact) mass is 304 g/mol. The number of hydrogen-bond donors (Lipinski definition) is 3. The second kappa shape index (κ2) is 11.8. The van der Waals surface area contributed by atoms with Gasteiger partial charge in [-0.05, 0) is 26.2 Å². The molecule has 0 spiro atoms. The molecule has 0 aliphatic carbocycles. The van der Waals surface area contributed by atoms with Crippen LogP contribution in [0.25, 0.3) is 0 Å². The lowest BCUT2D eigenvalue weighted by Crippen LogP contribution is -2.41. The second-order valence-corrected chi connectivity index (χ2v) is 4.31. The Bertz CT molecular complexity index is 335. The number of amides is 2. The lowest BCUT2D eigenvalue weighted by atomic mass is 10.1. The molecule has 0 aliphatic heterocycles. The number of alkyl carbamates (subject to hydrolysis) is 2. The predicted octanol–water partition coefficient (Wildman–Crippen LogP) is 1.49. The summed E-state index contributed by atoms with van der Waals surface area (Å²) in [6.45, 7) is 4.45. The summed E-state index contributed by atoms with van der Waals surface area (Å²) in [4.78, 5) is 33.4. The Morgan fingerprint density at radius 1 is 1.10 bits per heavy atom. The zero-order chi connectivity index (χ0) is 16.1. The van der Waals surface area contributed by atoms with E-state index in [2.05, 4.69) is 15.4 Å². The molecule has 0 saturated carbocycles. The van der Waals surface area contributed by atoms with E-state index in [-0.39, 0.29) is 26.2 Å². The minimum atomic E-state index is -1.14. The van der Waals surface area contributed by atoms with Gasteiger partial charge in [0, 0.05) is 6.54 Å². The fraction of sp³-hybridized carbons (Fsp3) is 0.769. The molecule has 0 unspecified atom stereocenters. The van der Waals surface area contributed by atoms with Crippen molar-refractivity contribution in [1.29, 1.82) is 0 Å². The first-order chi connectivity index (χ1) is 10.0. The highest BCUT2D eigenvalue weighted by Crippen LogP contribution is 1.99. The number of carbonyl (C=O) groups is 3. The van der Waals surface area contributed by atoms with E-state index in [1.54, 1.807) is 6.92 Å². The molecule has 0 aliphatic rings. The molecule has 0 rings (SSSR count). The SMILES string of the molecule is CCCCOC(=O)N[C@@H](CCCNC(=O)OCC)C(=O)O. The molecule has 0 aromatic heterocycles. The Kier molecular flexibility index (Phi) is 10.7. The second-order valence-electron chi connectivity index (χ2n) is 4.31. The normalized spacial score (nSPS) is 11.3. The Hall–Kier alpha value is -1.99. The molecule has 3 N–H and O–H groups in total. The Balaban J connectivity index is 3.94. The summed E-state index contributed by atoms with van der Waals surface area (Å²) in [5.41, 5.74) is 0. The number of carbonyl (C=O) groups excluding carboxylic acids is 2. The highest BCUT2D eigenvalue weighted by molar-refractivity contribution is 5.79. The van der Waals surface area contributed by atoms with Crippen molar-refractivity contribution in [1.82, 2.24) is 10.6 Å². The van der Waals surface area contributed by atoms with Crippen LogP contribution in [-0.2, 0) is 14.3 Å². The van der Waals surface area contributed by atoms with E-state index < -0.39 is 24.2 Å². The molecular weight excluding hydrogens is 280 g/mol. The van der Waals surface area contributed by atoms with Crippen LogP contribution in [0.1, 0.15) is 39.5 Å². The molecule has 0 bridgehead atoms. The van der Waals surface area contributed by atoms with E-state index >= 15 is 0 Å². The van der Waals surface area contributed by atoms with Crippen molar-refractivity contribution in [3.63, 3.8) is 0 Å². The summed E-state index contributed by atoms with van der Waals surface area (Å²) in [5, 5.41) is 13.8. The van der Waals surface area contributed by atoms with Gasteiger partial charge in [0.2, 0.25) is 0 Å². The number of carboxylic acids is 1. The van der Waals surface area contributed by atoms with Crippen molar-refractivity contribution in [3.8, 4) is 0 Å². The quantitative estimate of drug-likeness (QED) is 0.527. The molecule has 122 valence electrons. The third kappa shape index (κ3) is 10.5. The molecule has 0 aromatic carbocycles. The number of rotatable bonds is 10. The minimum Gasteiger partial charge on any atom is -0.480 e. The van der Waals surface area contributed by atoms with Crippen LogP contribution in [0, 0.1) is 0 Å². The van der Waals surface area contributed by atoms with Gasteiger partial charge in [0.25, 0.3) is 0 Å². The predicted molar refractivity (Wildman–Crippen MR) is 75.1 cm³/mol. The maximum atomic E-state index is 11.4. The van der Waals surface area contributed by atoms with Gasteiger partial charge in [-0.15, -0.1) is 0 Å².